The summed E-state index contributed by atoms with van der Waals surface area (Å²) in [6.45, 7) is 4.25. The summed E-state index contributed by atoms with van der Waals surface area (Å²) in [6, 6.07) is 4.74. The SMILES string of the molecule is CCC[C@@H](C)c1cc(NC(=O)c2ccn(C)c(=O)c2)n[nH]1. The predicted molar refractivity (Wildman–Crippen MR) is 81.5 cm³/mol. The molecule has 2 heterocycles. The van der Waals surface area contributed by atoms with E-state index in [1.165, 1.54) is 10.6 Å². The Balaban J connectivity index is 2.09. The van der Waals surface area contributed by atoms with Crippen molar-refractivity contribution >= 4 is 11.7 Å². The third-order valence-corrected chi connectivity index (χ3v) is 3.46. The molecule has 2 aromatic heterocycles. The first-order chi connectivity index (χ1) is 10.0. The molecule has 2 rings (SSSR count). The van der Waals surface area contributed by atoms with Crippen LogP contribution in [0.2, 0.25) is 0 Å². The van der Waals surface area contributed by atoms with Crippen molar-refractivity contribution in [2.75, 3.05) is 5.32 Å². The molecule has 6 nitrogen and oxygen atoms in total. The quantitative estimate of drug-likeness (QED) is 0.885. The Kier molecular flexibility index (Phi) is 4.57. The molecule has 6 heteroatoms. The van der Waals surface area contributed by atoms with Crippen LogP contribution in [0, 0.1) is 0 Å². The van der Waals surface area contributed by atoms with Crippen LogP contribution in [-0.2, 0) is 7.05 Å². The molecule has 0 saturated heterocycles. The van der Waals surface area contributed by atoms with Crippen LogP contribution in [0.1, 0.15) is 48.7 Å². The van der Waals surface area contributed by atoms with Gasteiger partial charge in [0.15, 0.2) is 5.82 Å². The normalized spacial score (nSPS) is 12.1. The first-order valence-electron chi connectivity index (χ1n) is 7.04. The minimum atomic E-state index is -0.339. The van der Waals surface area contributed by atoms with E-state index < -0.39 is 0 Å². The van der Waals surface area contributed by atoms with Crippen molar-refractivity contribution in [3.05, 3.63) is 46.0 Å². The summed E-state index contributed by atoms with van der Waals surface area (Å²) in [6.07, 6.45) is 3.72. The average molecular weight is 288 g/mol. The first kappa shape index (κ1) is 15.0. The Hall–Kier alpha value is -2.37. The van der Waals surface area contributed by atoms with Gasteiger partial charge in [0, 0.05) is 36.6 Å². The second-order valence-corrected chi connectivity index (χ2v) is 5.22. The third-order valence-electron chi connectivity index (χ3n) is 3.46. The van der Waals surface area contributed by atoms with Crippen molar-refractivity contribution < 1.29 is 4.79 Å². The zero-order valence-corrected chi connectivity index (χ0v) is 12.5. The van der Waals surface area contributed by atoms with E-state index in [2.05, 4.69) is 29.4 Å². The Labute approximate surface area is 123 Å². The van der Waals surface area contributed by atoms with Gasteiger partial charge in [-0.3, -0.25) is 14.7 Å². The highest BCUT2D eigenvalue weighted by atomic mass is 16.2. The summed E-state index contributed by atoms with van der Waals surface area (Å²) in [5.41, 5.74) is 1.10. The molecule has 0 spiro atoms. The number of pyridine rings is 1. The van der Waals surface area contributed by atoms with Gasteiger partial charge >= 0.3 is 0 Å². The average Bonchev–Trinajstić information content (AvgIpc) is 2.90. The number of H-pyrrole nitrogens is 1. The van der Waals surface area contributed by atoms with E-state index in [0.717, 1.165) is 18.5 Å². The van der Waals surface area contributed by atoms with Gasteiger partial charge in [-0.15, -0.1) is 0 Å². The number of rotatable bonds is 5. The van der Waals surface area contributed by atoms with Crippen LogP contribution in [0.15, 0.2) is 29.2 Å². The number of aromatic nitrogens is 3. The number of amides is 1. The summed E-state index contributed by atoms with van der Waals surface area (Å²) in [4.78, 5) is 23.6. The second kappa shape index (κ2) is 6.39. The van der Waals surface area contributed by atoms with Crippen LogP contribution in [0.3, 0.4) is 0 Å². The van der Waals surface area contributed by atoms with Crippen LogP contribution in [0.5, 0.6) is 0 Å². The van der Waals surface area contributed by atoms with Crippen molar-refractivity contribution in [3.63, 3.8) is 0 Å². The molecule has 1 amide bonds. The zero-order chi connectivity index (χ0) is 15.4. The van der Waals surface area contributed by atoms with Gasteiger partial charge in [0.2, 0.25) is 0 Å². The van der Waals surface area contributed by atoms with Gasteiger partial charge in [0.05, 0.1) is 0 Å². The van der Waals surface area contributed by atoms with E-state index in [1.807, 2.05) is 6.07 Å². The Morgan fingerprint density at radius 2 is 2.24 bits per heavy atom. The Bertz CT molecular complexity index is 687. The molecular formula is C15H20N4O2. The molecule has 0 aliphatic rings. The molecule has 112 valence electrons. The van der Waals surface area contributed by atoms with E-state index >= 15 is 0 Å². The predicted octanol–water partition coefficient (Wildman–Crippen LogP) is 2.26. The maximum absolute atomic E-state index is 12.1. The molecule has 21 heavy (non-hydrogen) atoms. The molecule has 0 aliphatic carbocycles. The van der Waals surface area contributed by atoms with Crippen molar-refractivity contribution in [2.24, 2.45) is 7.05 Å². The second-order valence-electron chi connectivity index (χ2n) is 5.22. The number of nitrogens with one attached hydrogen (secondary N) is 2. The highest BCUT2D eigenvalue weighted by Crippen LogP contribution is 2.20. The number of carbonyl (C=O) groups excluding carboxylic acids is 1. The lowest BCUT2D eigenvalue weighted by Crippen LogP contribution is -2.20. The monoisotopic (exact) mass is 288 g/mol. The number of carbonyl (C=O) groups is 1. The number of aromatic amines is 1. The standard InChI is InChI=1S/C15H20N4O2/c1-4-5-10(2)12-9-13(18-17-12)16-15(21)11-6-7-19(3)14(20)8-11/h6-10H,4-5H2,1-3H3,(H2,16,17,18,21)/t10-/m1/s1. The van der Waals surface area contributed by atoms with E-state index in [9.17, 15) is 9.59 Å². The highest BCUT2D eigenvalue weighted by Gasteiger charge is 2.12. The van der Waals surface area contributed by atoms with Gasteiger partial charge < -0.3 is 9.88 Å². The molecule has 0 saturated carbocycles. The molecular weight excluding hydrogens is 268 g/mol. The van der Waals surface area contributed by atoms with E-state index in [4.69, 9.17) is 0 Å². The smallest absolute Gasteiger partial charge is 0.257 e. The maximum atomic E-state index is 12.1. The molecule has 1 atom stereocenters. The molecule has 0 aliphatic heterocycles. The molecule has 0 unspecified atom stereocenters. The molecule has 0 aromatic carbocycles. The van der Waals surface area contributed by atoms with Gasteiger partial charge in [0.1, 0.15) is 0 Å². The molecule has 2 N–H and O–H groups in total. The lowest BCUT2D eigenvalue weighted by atomic mass is 10.0. The topological polar surface area (TPSA) is 79.8 Å². The van der Waals surface area contributed by atoms with Gasteiger partial charge in [-0.2, -0.15) is 5.10 Å². The van der Waals surface area contributed by atoms with Gasteiger partial charge in [0.25, 0.3) is 11.5 Å². The van der Waals surface area contributed by atoms with Crippen LogP contribution >= 0.6 is 0 Å². The minimum absolute atomic E-state index is 0.220. The van der Waals surface area contributed by atoms with Gasteiger partial charge in [-0.25, -0.2) is 0 Å². The van der Waals surface area contributed by atoms with Crippen LogP contribution < -0.4 is 10.9 Å². The molecule has 0 radical (unpaired) electrons. The fourth-order valence-electron chi connectivity index (χ4n) is 2.12. The lowest BCUT2D eigenvalue weighted by Gasteiger charge is -2.05. The lowest BCUT2D eigenvalue weighted by molar-refractivity contribution is 0.102. The Morgan fingerprint density at radius 1 is 1.48 bits per heavy atom. The van der Waals surface area contributed by atoms with Crippen LogP contribution in [0.4, 0.5) is 5.82 Å². The zero-order valence-electron chi connectivity index (χ0n) is 12.5. The summed E-state index contributed by atoms with van der Waals surface area (Å²) in [5.74, 6) is 0.504. The Morgan fingerprint density at radius 3 is 2.90 bits per heavy atom. The maximum Gasteiger partial charge on any atom is 0.257 e. The van der Waals surface area contributed by atoms with Crippen molar-refractivity contribution in [2.45, 2.75) is 32.6 Å². The van der Waals surface area contributed by atoms with E-state index in [0.29, 0.717) is 17.3 Å². The van der Waals surface area contributed by atoms with Crippen molar-refractivity contribution in [1.29, 1.82) is 0 Å². The number of nitrogens with zero attached hydrogens (tertiary/aromatic N) is 2. The number of anilines is 1. The summed E-state index contributed by atoms with van der Waals surface area (Å²) < 4.78 is 1.41. The highest BCUT2D eigenvalue weighted by molar-refractivity contribution is 6.03. The summed E-state index contributed by atoms with van der Waals surface area (Å²) in [7, 11) is 1.64. The van der Waals surface area contributed by atoms with Crippen molar-refractivity contribution in [1.82, 2.24) is 14.8 Å². The van der Waals surface area contributed by atoms with E-state index in [-0.39, 0.29) is 11.5 Å². The largest absolute Gasteiger partial charge is 0.319 e. The number of hydrogen-bond donors (Lipinski definition) is 2. The molecule has 0 fully saturated rings. The van der Waals surface area contributed by atoms with Gasteiger partial charge in [-0.05, 0) is 18.4 Å². The molecule has 2 aromatic rings. The van der Waals surface area contributed by atoms with E-state index in [1.54, 1.807) is 19.3 Å². The first-order valence-corrected chi connectivity index (χ1v) is 7.04. The number of aryl methyl sites for hydroxylation is 1. The van der Waals surface area contributed by atoms with Gasteiger partial charge in [-0.1, -0.05) is 20.3 Å². The summed E-state index contributed by atoms with van der Waals surface area (Å²) >= 11 is 0. The molecule has 0 bridgehead atoms. The number of hydrogen-bond acceptors (Lipinski definition) is 3. The minimum Gasteiger partial charge on any atom is -0.319 e. The van der Waals surface area contributed by atoms with Crippen LogP contribution in [-0.4, -0.2) is 20.7 Å². The fourth-order valence-corrected chi connectivity index (χ4v) is 2.12. The fraction of sp³-hybridized carbons (Fsp3) is 0.400. The summed E-state index contributed by atoms with van der Waals surface area (Å²) in [5, 5.41) is 9.71. The van der Waals surface area contributed by atoms with Crippen molar-refractivity contribution in [3.8, 4) is 0 Å². The third kappa shape index (κ3) is 3.59. The van der Waals surface area contributed by atoms with Crippen LogP contribution in [0.25, 0.3) is 0 Å².